The first kappa shape index (κ1) is 17.2. The summed E-state index contributed by atoms with van der Waals surface area (Å²) in [5.74, 6) is 1.54. The van der Waals surface area contributed by atoms with Crippen molar-refractivity contribution in [3.8, 4) is 11.4 Å². The number of likely N-dealkylation sites (tertiary alicyclic amines) is 1. The summed E-state index contributed by atoms with van der Waals surface area (Å²) in [7, 11) is 0. The van der Waals surface area contributed by atoms with Crippen molar-refractivity contribution in [2.45, 2.75) is 32.9 Å². The first-order valence-corrected chi connectivity index (χ1v) is 9.80. The molecule has 2 aromatic heterocycles. The van der Waals surface area contributed by atoms with Gasteiger partial charge in [0.2, 0.25) is 5.91 Å². The van der Waals surface area contributed by atoms with E-state index >= 15 is 0 Å². The summed E-state index contributed by atoms with van der Waals surface area (Å²) in [5.41, 5.74) is 2.66. The third-order valence-corrected chi connectivity index (χ3v) is 5.34. The van der Waals surface area contributed by atoms with Gasteiger partial charge in [-0.05, 0) is 34.3 Å². The Morgan fingerprint density at radius 1 is 1.27 bits per heavy atom. The molecule has 0 spiro atoms. The van der Waals surface area contributed by atoms with E-state index < -0.39 is 0 Å². The number of nitrogens with zero attached hydrogens (tertiary/aromatic N) is 4. The van der Waals surface area contributed by atoms with Crippen molar-refractivity contribution in [1.29, 1.82) is 0 Å². The van der Waals surface area contributed by atoms with Crippen LogP contribution in [-0.4, -0.2) is 31.9 Å². The van der Waals surface area contributed by atoms with Crippen molar-refractivity contribution in [2.75, 3.05) is 6.54 Å². The zero-order valence-electron chi connectivity index (χ0n) is 14.7. The van der Waals surface area contributed by atoms with Gasteiger partial charge in [-0.15, -0.1) is 0 Å². The van der Waals surface area contributed by atoms with Gasteiger partial charge in [0.15, 0.2) is 5.65 Å². The molecule has 0 bridgehead atoms. The number of hydrogen-bond acceptors (Lipinski definition) is 3. The van der Waals surface area contributed by atoms with E-state index in [0.717, 1.165) is 40.8 Å². The fourth-order valence-corrected chi connectivity index (χ4v) is 4.01. The molecule has 3 aromatic rings. The SMILES string of the molecule is CCCC1CC(=O)N(Cn2c(-c3ccccc3)nc3ncc(Br)cc32)C1. The Hall–Kier alpha value is -2.21. The van der Waals surface area contributed by atoms with E-state index in [1.807, 2.05) is 41.3 Å². The standard InChI is InChI=1S/C20H21BrN4O/c1-2-6-14-9-18(26)24(12-14)13-25-17-10-16(21)11-22-19(17)23-20(25)15-7-4-3-5-8-15/h3-5,7-8,10-11,14H,2,6,9,12-13H2,1H3. The van der Waals surface area contributed by atoms with Crippen molar-refractivity contribution >= 4 is 33.0 Å². The Kier molecular flexibility index (Phi) is 4.76. The van der Waals surface area contributed by atoms with Crippen molar-refractivity contribution in [3.05, 3.63) is 47.1 Å². The van der Waals surface area contributed by atoms with Gasteiger partial charge in [-0.25, -0.2) is 9.97 Å². The van der Waals surface area contributed by atoms with Crippen molar-refractivity contribution in [1.82, 2.24) is 19.4 Å². The molecule has 0 aliphatic carbocycles. The lowest BCUT2D eigenvalue weighted by Crippen LogP contribution is -2.28. The highest BCUT2D eigenvalue weighted by atomic mass is 79.9. The molecular formula is C20H21BrN4O. The summed E-state index contributed by atoms with van der Waals surface area (Å²) in [5, 5.41) is 0. The summed E-state index contributed by atoms with van der Waals surface area (Å²) in [6, 6.07) is 12.1. The van der Waals surface area contributed by atoms with E-state index in [4.69, 9.17) is 4.98 Å². The monoisotopic (exact) mass is 412 g/mol. The summed E-state index contributed by atoms with van der Waals surface area (Å²) >= 11 is 3.50. The maximum atomic E-state index is 12.5. The van der Waals surface area contributed by atoms with Crippen molar-refractivity contribution in [2.24, 2.45) is 5.92 Å². The fourth-order valence-electron chi connectivity index (χ4n) is 3.69. The van der Waals surface area contributed by atoms with Crippen LogP contribution in [0.15, 0.2) is 47.1 Å². The molecule has 6 heteroatoms. The van der Waals surface area contributed by atoms with Gasteiger partial charge in [0, 0.05) is 29.2 Å². The topological polar surface area (TPSA) is 51.0 Å². The third-order valence-electron chi connectivity index (χ3n) is 4.91. The first-order valence-electron chi connectivity index (χ1n) is 9.00. The molecule has 1 unspecified atom stereocenters. The van der Waals surface area contributed by atoms with Gasteiger partial charge in [-0.2, -0.15) is 0 Å². The Balaban J connectivity index is 1.75. The van der Waals surface area contributed by atoms with Crippen LogP contribution in [0.3, 0.4) is 0 Å². The van der Waals surface area contributed by atoms with E-state index in [2.05, 4.69) is 32.4 Å². The maximum Gasteiger partial charge on any atom is 0.224 e. The molecule has 1 saturated heterocycles. The van der Waals surface area contributed by atoms with Gasteiger partial charge in [0.25, 0.3) is 0 Å². The molecule has 0 radical (unpaired) electrons. The van der Waals surface area contributed by atoms with Gasteiger partial charge in [0.05, 0.1) is 12.2 Å². The number of benzene rings is 1. The molecule has 1 amide bonds. The summed E-state index contributed by atoms with van der Waals surface area (Å²) in [6.45, 7) is 3.51. The molecule has 0 N–H and O–H groups in total. The second-order valence-corrected chi connectivity index (χ2v) is 7.76. The Bertz CT molecular complexity index is 938. The van der Waals surface area contributed by atoms with Crippen LogP contribution in [0, 0.1) is 5.92 Å². The van der Waals surface area contributed by atoms with Crippen LogP contribution in [0.1, 0.15) is 26.2 Å². The van der Waals surface area contributed by atoms with Crippen LogP contribution in [-0.2, 0) is 11.5 Å². The van der Waals surface area contributed by atoms with Crippen LogP contribution < -0.4 is 0 Å². The number of rotatable bonds is 5. The number of hydrogen-bond donors (Lipinski definition) is 0. The predicted octanol–water partition coefficient (Wildman–Crippen LogP) is 4.47. The van der Waals surface area contributed by atoms with E-state index in [9.17, 15) is 4.79 Å². The molecule has 1 aliphatic heterocycles. The summed E-state index contributed by atoms with van der Waals surface area (Å²) < 4.78 is 3.01. The number of imidazole rings is 1. The number of carbonyl (C=O) groups is 1. The van der Waals surface area contributed by atoms with E-state index in [0.29, 0.717) is 24.7 Å². The van der Waals surface area contributed by atoms with Crippen LogP contribution in [0.25, 0.3) is 22.6 Å². The van der Waals surface area contributed by atoms with Crippen molar-refractivity contribution < 1.29 is 4.79 Å². The Morgan fingerprint density at radius 3 is 2.85 bits per heavy atom. The minimum absolute atomic E-state index is 0.229. The largest absolute Gasteiger partial charge is 0.324 e. The van der Waals surface area contributed by atoms with E-state index in [1.165, 1.54) is 0 Å². The van der Waals surface area contributed by atoms with Gasteiger partial charge in [0.1, 0.15) is 5.82 Å². The third kappa shape index (κ3) is 3.26. The van der Waals surface area contributed by atoms with E-state index in [-0.39, 0.29) is 5.91 Å². The van der Waals surface area contributed by atoms with Crippen LogP contribution in [0.4, 0.5) is 0 Å². The smallest absolute Gasteiger partial charge is 0.224 e. The molecule has 4 rings (SSSR count). The van der Waals surface area contributed by atoms with E-state index in [1.54, 1.807) is 6.20 Å². The number of pyridine rings is 1. The lowest BCUT2D eigenvalue weighted by Gasteiger charge is -2.19. The second-order valence-electron chi connectivity index (χ2n) is 6.84. The molecule has 134 valence electrons. The van der Waals surface area contributed by atoms with Gasteiger partial charge >= 0.3 is 0 Å². The zero-order valence-corrected chi connectivity index (χ0v) is 16.3. The number of amides is 1. The second kappa shape index (κ2) is 7.19. The van der Waals surface area contributed by atoms with Crippen LogP contribution >= 0.6 is 15.9 Å². The van der Waals surface area contributed by atoms with Gasteiger partial charge < -0.3 is 9.47 Å². The molecule has 1 fully saturated rings. The number of halogens is 1. The van der Waals surface area contributed by atoms with Gasteiger partial charge in [-0.3, -0.25) is 4.79 Å². The van der Waals surface area contributed by atoms with Crippen LogP contribution in [0.5, 0.6) is 0 Å². The molecule has 26 heavy (non-hydrogen) atoms. The fraction of sp³-hybridized carbons (Fsp3) is 0.350. The predicted molar refractivity (Wildman–Crippen MR) is 105 cm³/mol. The highest BCUT2D eigenvalue weighted by molar-refractivity contribution is 9.10. The molecule has 1 aliphatic rings. The molecule has 1 atom stereocenters. The average Bonchev–Trinajstić information content (AvgIpc) is 3.17. The quantitative estimate of drug-likeness (QED) is 0.620. The molecule has 1 aromatic carbocycles. The Labute approximate surface area is 161 Å². The highest BCUT2D eigenvalue weighted by Gasteiger charge is 2.30. The molecule has 5 nitrogen and oxygen atoms in total. The summed E-state index contributed by atoms with van der Waals surface area (Å²) in [4.78, 5) is 23.6. The highest BCUT2D eigenvalue weighted by Crippen LogP contribution is 2.28. The lowest BCUT2D eigenvalue weighted by atomic mass is 10.0. The zero-order chi connectivity index (χ0) is 18.1. The number of fused-ring (bicyclic) bond motifs is 1. The minimum Gasteiger partial charge on any atom is -0.324 e. The number of carbonyl (C=O) groups excluding carboxylic acids is 1. The average molecular weight is 413 g/mol. The Morgan fingerprint density at radius 2 is 2.08 bits per heavy atom. The summed E-state index contributed by atoms with van der Waals surface area (Å²) in [6.07, 6.45) is 4.63. The van der Waals surface area contributed by atoms with Crippen LogP contribution in [0.2, 0.25) is 0 Å². The molecule has 0 saturated carbocycles. The molecular weight excluding hydrogens is 392 g/mol. The minimum atomic E-state index is 0.229. The normalized spacial score (nSPS) is 17.4. The lowest BCUT2D eigenvalue weighted by molar-refractivity contribution is -0.129. The molecule has 3 heterocycles. The number of aromatic nitrogens is 3. The van der Waals surface area contributed by atoms with Crippen molar-refractivity contribution in [3.63, 3.8) is 0 Å². The maximum absolute atomic E-state index is 12.5. The first-order chi connectivity index (χ1) is 12.7. The van der Waals surface area contributed by atoms with Gasteiger partial charge in [-0.1, -0.05) is 43.7 Å².